The molecule has 214 valence electrons. The van der Waals surface area contributed by atoms with Gasteiger partial charge in [-0.15, -0.1) is 0 Å². The van der Waals surface area contributed by atoms with Crippen molar-refractivity contribution in [1.82, 2.24) is 14.9 Å². The number of aryl methyl sites for hydroxylation is 1. The molecule has 4 aromatic rings. The van der Waals surface area contributed by atoms with Crippen LogP contribution in [0.25, 0.3) is 22.4 Å². The van der Waals surface area contributed by atoms with Gasteiger partial charge in [0.05, 0.1) is 22.7 Å². The number of nitrogens with zero attached hydrogens (tertiary/aromatic N) is 2. The zero-order valence-electron chi connectivity index (χ0n) is 23.0. The highest BCUT2D eigenvalue weighted by molar-refractivity contribution is 7.92. The largest absolute Gasteiger partial charge is 0.449 e. The first-order chi connectivity index (χ1) is 19.7. The lowest BCUT2D eigenvalue weighted by Crippen LogP contribution is -2.43. The maximum Gasteiger partial charge on any atom is 0.410 e. The van der Waals surface area contributed by atoms with Gasteiger partial charge in [-0.1, -0.05) is 37.1 Å². The van der Waals surface area contributed by atoms with Crippen molar-refractivity contribution in [2.75, 3.05) is 23.2 Å². The number of carbonyl (C=O) groups is 2. The van der Waals surface area contributed by atoms with Gasteiger partial charge >= 0.3 is 6.09 Å². The van der Waals surface area contributed by atoms with Crippen molar-refractivity contribution in [1.29, 1.82) is 0 Å². The Bertz CT molecular complexity index is 1650. The molecular weight excluding hydrogens is 542 g/mol. The van der Waals surface area contributed by atoms with Crippen LogP contribution in [0.3, 0.4) is 0 Å². The molecule has 10 nitrogen and oxygen atoms in total. The van der Waals surface area contributed by atoms with Crippen molar-refractivity contribution >= 4 is 44.4 Å². The van der Waals surface area contributed by atoms with Gasteiger partial charge in [-0.05, 0) is 74.7 Å². The quantitative estimate of drug-likeness (QED) is 0.220. The molecule has 0 bridgehead atoms. The molecule has 2 amide bonds. The van der Waals surface area contributed by atoms with Gasteiger partial charge in [0.2, 0.25) is 5.91 Å². The molecule has 3 N–H and O–H groups in total. The van der Waals surface area contributed by atoms with Crippen molar-refractivity contribution in [3.63, 3.8) is 0 Å². The number of nitrogens with one attached hydrogen (secondary N) is 3. The molecule has 1 fully saturated rings. The number of para-hydroxylation sites is 1. The number of hydrogen-bond donors (Lipinski definition) is 3. The van der Waals surface area contributed by atoms with Gasteiger partial charge in [0, 0.05) is 17.8 Å². The molecule has 1 aromatic heterocycles. The Labute approximate surface area is 239 Å². The second kappa shape index (κ2) is 12.0. The zero-order valence-corrected chi connectivity index (χ0v) is 23.8. The fourth-order valence-corrected chi connectivity index (χ4v) is 5.82. The lowest BCUT2D eigenvalue weighted by atomic mass is 10.1. The number of rotatable bonds is 9. The Morgan fingerprint density at radius 1 is 1.07 bits per heavy atom. The van der Waals surface area contributed by atoms with Crippen molar-refractivity contribution in [3.8, 4) is 11.4 Å². The molecule has 0 radical (unpaired) electrons. The number of carbonyl (C=O) groups excluding carboxylic acids is 2. The molecule has 0 saturated carbocycles. The number of aromatic amines is 1. The van der Waals surface area contributed by atoms with Crippen LogP contribution < -0.4 is 10.0 Å². The van der Waals surface area contributed by atoms with Crippen LogP contribution in [-0.4, -0.2) is 54.5 Å². The highest BCUT2D eigenvalue weighted by atomic mass is 32.2. The molecule has 0 aliphatic carbocycles. The number of sulfonamides is 1. The first-order valence-electron chi connectivity index (χ1n) is 13.7. The van der Waals surface area contributed by atoms with Crippen molar-refractivity contribution in [2.45, 2.75) is 50.5 Å². The summed E-state index contributed by atoms with van der Waals surface area (Å²) >= 11 is 0. The zero-order chi connectivity index (χ0) is 29.0. The van der Waals surface area contributed by atoms with E-state index in [0.29, 0.717) is 47.8 Å². The number of imidazole rings is 1. The summed E-state index contributed by atoms with van der Waals surface area (Å²) in [7, 11) is -3.79. The normalized spacial score (nSPS) is 15.2. The number of amides is 2. The van der Waals surface area contributed by atoms with Crippen LogP contribution >= 0.6 is 0 Å². The third kappa shape index (κ3) is 6.35. The molecule has 2 heterocycles. The molecule has 0 spiro atoms. The highest BCUT2D eigenvalue weighted by Crippen LogP contribution is 2.28. The van der Waals surface area contributed by atoms with E-state index < -0.39 is 22.2 Å². The van der Waals surface area contributed by atoms with Crippen LogP contribution in [0.2, 0.25) is 0 Å². The minimum atomic E-state index is -3.79. The van der Waals surface area contributed by atoms with Gasteiger partial charge in [0.25, 0.3) is 10.0 Å². The fraction of sp³-hybridized carbons (Fsp3) is 0.300. The summed E-state index contributed by atoms with van der Waals surface area (Å²) in [4.78, 5) is 35.0. The Kier molecular flexibility index (Phi) is 8.25. The summed E-state index contributed by atoms with van der Waals surface area (Å²) in [5.41, 5.74) is 3.85. The van der Waals surface area contributed by atoms with Gasteiger partial charge in [-0.3, -0.25) is 14.4 Å². The van der Waals surface area contributed by atoms with E-state index in [1.54, 1.807) is 48.5 Å². The molecule has 1 saturated heterocycles. The van der Waals surface area contributed by atoms with Crippen LogP contribution in [0.1, 0.15) is 38.2 Å². The van der Waals surface area contributed by atoms with E-state index in [1.807, 2.05) is 32.0 Å². The van der Waals surface area contributed by atoms with Crippen LogP contribution in [0, 0.1) is 6.92 Å². The monoisotopic (exact) mass is 575 g/mol. The van der Waals surface area contributed by atoms with Crippen LogP contribution in [0.5, 0.6) is 0 Å². The number of hydrogen-bond acceptors (Lipinski definition) is 6. The second-order valence-electron chi connectivity index (χ2n) is 10.1. The van der Waals surface area contributed by atoms with Crippen LogP contribution in [-0.2, 0) is 19.6 Å². The van der Waals surface area contributed by atoms with Gasteiger partial charge in [-0.2, -0.15) is 0 Å². The van der Waals surface area contributed by atoms with Gasteiger partial charge in [0.1, 0.15) is 17.4 Å². The lowest BCUT2D eigenvalue weighted by Gasteiger charge is -2.23. The van der Waals surface area contributed by atoms with Crippen molar-refractivity contribution in [3.05, 3.63) is 72.3 Å². The number of anilines is 2. The third-order valence-electron chi connectivity index (χ3n) is 7.03. The van der Waals surface area contributed by atoms with Crippen LogP contribution in [0.4, 0.5) is 16.2 Å². The van der Waals surface area contributed by atoms with E-state index in [9.17, 15) is 18.0 Å². The number of likely N-dealkylation sites (tertiary alicyclic amines) is 1. The number of fused-ring (bicyclic) bond motifs is 1. The first kappa shape index (κ1) is 28.2. The summed E-state index contributed by atoms with van der Waals surface area (Å²) in [6, 6.07) is 18.5. The average molecular weight is 576 g/mol. The Morgan fingerprint density at radius 2 is 1.83 bits per heavy atom. The molecule has 5 rings (SSSR count). The summed E-state index contributed by atoms with van der Waals surface area (Å²) < 4.78 is 33.9. The minimum absolute atomic E-state index is 0.169. The van der Waals surface area contributed by atoms with Crippen molar-refractivity contribution < 1.29 is 22.7 Å². The topological polar surface area (TPSA) is 133 Å². The highest BCUT2D eigenvalue weighted by Gasteiger charge is 2.35. The number of H-pyrrole nitrogens is 1. The fourth-order valence-electron chi connectivity index (χ4n) is 4.75. The standard InChI is InChI=1S/C30H33N5O5S/c1-3-4-19-40-30(37)35-18-6-9-26(35)29(36)31-22-14-12-21(13-15-22)28-32-24-7-5-8-25(27(24)33-28)34-41(38,39)23-16-10-20(2)11-17-23/h5,7-8,10-17,26,34H,3-4,6,9,18-19H2,1-2H3,(H,31,36)(H,32,33)/t26-/m0/s1. The SMILES string of the molecule is CCCCOC(=O)N1CCC[C@H]1C(=O)Nc1ccc(-c2nc3c(NS(=O)(=O)c4ccc(C)cc4)cccc3[nH]2)cc1. The Morgan fingerprint density at radius 3 is 2.56 bits per heavy atom. The van der Waals surface area contributed by atoms with Crippen LogP contribution in [0.15, 0.2) is 71.6 Å². The predicted molar refractivity (Wildman–Crippen MR) is 158 cm³/mol. The molecular formula is C30H33N5O5S. The summed E-state index contributed by atoms with van der Waals surface area (Å²) in [5.74, 6) is 0.300. The lowest BCUT2D eigenvalue weighted by molar-refractivity contribution is -0.120. The second-order valence-corrected chi connectivity index (χ2v) is 11.8. The summed E-state index contributed by atoms with van der Waals surface area (Å²) in [6.07, 6.45) is 2.60. The summed E-state index contributed by atoms with van der Waals surface area (Å²) in [5, 5.41) is 2.90. The minimum Gasteiger partial charge on any atom is -0.449 e. The van der Waals surface area contributed by atoms with E-state index in [4.69, 9.17) is 4.74 Å². The number of ether oxygens (including phenoxy) is 1. The molecule has 1 aliphatic heterocycles. The van der Waals surface area contributed by atoms with E-state index in [-0.39, 0.29) is 10.8 Å². The molecule has 3 aromatic carbocycles. The Balaban J connectivity index is 1.28. The van der Waals surface area contributed by atoms with E-state index in [0.717, 1.165) is 30.4 Å². The van der Waals surface area contributed by atoms with Gasteiger partial charge in [0.15, 0.2) is 0 Å². The Hall–Kier alpha value is -4.38. The van der Waals surface area contributed by atoms with Gasteiger partial charge in [-0.25, -0.2) is 18.2 Å². The molecule has 1 atom stereocenters. The van der Waals surface area contributed by atoms with E-state index in [2.05, 4.69) is 20.0 Å². The molecule has 11 heteroatoms. The predicted octanol–water partition coefficient (Wildman–Crippen LogP) is 5.68. The summed E-state index contributed by atoms with van der Waals surface area (Å²) in [6.45, 7) is 4.77. The maximum atomic E-state index is 13.0. The molecule has 0 unspecified atom stereocenters. The number of aromatic nitrogens is 2. The van der Waals surface area contributed by atoms with E-state index in [1.165, 1.54) is 4.90 Å². The smallest absolute Gasteiger partial charge is 0.410 e. The number of benzene rings is 3. The average Bonchev–Trinajstić information content (AvgIpc) is 3.62. The molecule has 41 heavy (non-hydrogen) atoms. The maximum absolute atomic E-state index is 13.0. The third-order valence-corrected chi connectivity index (χ3v) is 8.41. The first-order valence-corrected chi connectivity index (χ1v) is 15.2. The molecule has 1 aliphatic rings. The van der Waals surface area contributed by atoms with Gasteiger partial charge < -0.3 is 15.0 Å². The van der Waals surface area contributed by atoms with Crippen molar-refractivity contribution in [2.24, 2.45) is 0 Å². The van der Waals surface area contributed by atoms with E-state index >= 15 is 0 Å². The number of unbranched alkanes of at least 4 members (excludes halogenated alkanes) is 1.